The van der Waals surface area contributed by atoms with E-state index < -0.39 is 5.41 Å². The molecule has 2 aliphatic rings. The molecule has 3 atom stereocenters. The van der Waals surface area contributed by atoms with E-state index in [0.717, 1.165) is 23.1 Å². The Morgan fingerprint density at radius 1 is 0.862 bits per heavy atom. The Bertz CT molecular complexity index is 944. The van der Waals surface area contributed by atoms with Crippen LogP contribution in [0.25, 0.3) is 5.57 Å². The molecule has 0 bridgehead atoms. The van der Waals surface area contributed by atoms with Crippen LogP contribution >= 0.6 is 0 Å². The minimum absolute atomic E-state index is 0.0225. The fourth-order valence-electron chi connectivity index (χ4n) is 5.31. The van der Waals surface area contributed by atoms with Gasteiger partial charge in [-0.1, -0.05) is 77.9 Å². The average molecular weight is 385 g/mol. The minimum atomic E-state index is -0.795. The van der Waals surface area contributed by atoms with E-state index >= 15 is 0 Å². The highest BCUT2D eigenvalue weighted by Gasteiger charge is 2.72. The third-order valence-electron chi connectivity index (χ3n) is 6.85. The summed E-state index contributed by atoms with van der Waals surface area (Å²) in [4.78, 5) is 25.0. The van der Waals surface area contributed by atoms with Crippen LogP contribution in [0.3, 0.4) is 0 Å². The number of carbonyl (C=O) groups excluding carboxylic acids is 2. The maximum Gasteiger partial charge on any atom is 0.143 e. The zero-order chi connectivity index (χ0) is 20.8. The molecule has 2 nitrogen and oxygen atoms in total. The first-order valence-corrected chi connectivity index (χ1v) is 10.4. The van der Waals surface area contributed by atoms with Gasteiger partial charge in [0.1, 0.15) is 11.6 Å². The van der Waals surface area contributed by atoms with Gasteiger partial charge in [0.15, 0.2) is 0 Å². The highest BCUT2D eigenvalue weighted by atomic mass is 16.2. The number of carbonyl (C=O) groups is 2. The van der Waals surface area contributed by atoms with Crippen molar-refractivity contribution in [3.8, 4) is 0 Å². The molecule has 2 aromatic carbocycles. The first kappa shape index (κ1) is 19.6. The summed E-state index contributed by atoms with van der Waals surface area (Å²) in [5, 5.41) is 0. The molecule has 29 heavy (non-hydrogen) atoms. The number of benzene rings is 2. The van der Waals surface area contributed by atoms with E-state index in [1.54, 1.807) is 13.8 Å². The molecule has 0 radical (unpaired) electrons. The van der Waals surface area contributed by atoms with Gasteiger partial charge in [0.05, 0.1) is 5.41 Å². The van der Waals surface area contributed by atoms with Crippen LogP contribution in [0, 0.1) is 37.0 Å². The zero-order valence-corrected chi connectivity index (χ0v) is 17.6. The van der Waals surface area contributed by atoms with Gasteiger partial charge in [-0.3, -0.25) is 9.59 Å². The Balaban J connectivity index is 1.80. The summed E-state index contributed by atoms with van der Waals surface area (Å²) in [6.45, 7) is 7.35. The number of hydrogen-bond donors (Lipinski definition) is 0. The molecule has 0 amide bonds. The molecule has 2 heteroatoms. The SMILES string of the molecule is CC(=O)C1(C(C)=O)[C@H]2[C@@H](C=C(c3ccc(C)cc3)c3ccc(C)cc3)C=CC[C@H]21. The molecule has 1 saturated carbocycles. The minimum Gasteiger partial charge on any atom is -0.299 e. The van der Waals surface area contributed by atoms with Gasteiger partial charge in [-0.2, -0.15) is 0 Å². The normalized spacial score (nSPS) is 23.8. The molecule has 1 fully saturated rings. The van der Waals surface area contributed by atoms with Gasteiger partial charge in [0, 0.05) is 5.92 Å². The van der Waals surface area contributed by atoms with Crippen LogP contribution in [0.4, 0.5) is 0 Å². The van der Waals surface area contributed by atoms with Crippen LogP contribution in [0.2, 0.25) is 0 Å². The van der Waals surface area contributed by atoms with E-state index in [2.05, 4.69) is 80.6 Å². The largest absolute Gasteiger partial charge is 0.299 e. The highest BCUT2D eigenvalue weighted by Crippen LogP contribution is 2.67. The van der Waals surface area contributed by atoms with Crippen LogP contribution in [0.1, 0.15) is 42.5 Å². The van der Waals surface area contributed by atoms with Gasteiger partial charge in [-0.05, 0) is 62.7 Å². The van der Waals surface area contributed by atoms with Crippen molar-refractivity contribution in [2.75, 3.05) is 0 Å². The van der Waals surface area contributed by atoms with Gasteiger partial charge in [0.2, 0.25) is 0 Å². The van der Waals surface area contributed by atoms with E-state index in [-0.39, 0.29) is 29.3 Å². The van der Waals surface area contributed by atoms with Crippen molar-refractivity contribution < 1.29 is 9.59 Å². The summed E-state index contributed by atoms with van der Waals surface area (Å²) >= 11 is 0. The molecule has 0 spiro atoms. The Morgan fingerprint density at radius 3 is 1.79 bits per heavy atom. The Hall–Kier alpha value is -2.74. The van der Waals surface area contributed by atoms with Crippen LogP contribution in [0.5, 0.6) is 0 Å². The molecule has 4 rings (SSSR count). The predicted molar refractivity (Wildman–Crippen MR) is 117 cm³/mol. The number of ketones is 2. The van der Waals surface area contributed by atoms with Crippen molar-refractivity contribution >= 4 is 17.1 Å². The molecule has 0 N–H and O–H groups in total. The molecule has 148 valence electrons. The lowest BCUT2D eigenvalue weighted by molar-refractivity contribution is -0.133. The molecule has 0 saturated heterocycles. The standard InChI is InChI=1S/C27H28O2/c1-17-8-12-21(13-9-17)24(22-14-10-18(2)11-15-22)16-23-6-5-7-25-26(23)27(25,19(3)28)20(4)29/h5-6,8-16,23,25-26H,7H2,1-4H3/t23-,25-,26+/m1/s1. The first-order chi connectivity index (χ1) is 13.9. The Labute approximate surface area is 173 Å². The molecular formula is C27H28O2. The van der Waals surface area contributed by atoms with Crippen LogP contribution < -0.4 is 0 Å². The van der Waals surface area contributed by atoms with Crippen molar-refractivity contribution in [2.24, 2.45) is 23.2 Å². The van der Waals surface area contributed by atoms with Crippen LogP contribution in [-0.4, -0.2) is 11.6 Å². The number of rotatable bonds is 5. The summed E-state index contributed by atoms with van der Waals surface area (Å²) in [6, 6.07) is 17.1. The van der Waals surface area contributed by atoms with Gasteiger partial charge >= 0.3 is 0 Å². The quantitative estimate of drug-likeness (QED) is 0.488. The fraction of sp³-hybridized carbons (Fsp3) is 0.333. The van der Waals surface area contributed by atoms with Crippen molar-refractivity contribution in [1.82, 2.24) is 0 Å². The number of allylic oxidation sites excluding steroid dienone is 3. The molecule has 2 aliphatic carbocycles. The number of Topliss-reactive ketones (excluding diaryl/α,β-unsaturated/α-hetero) is 2. The van der Waals surface area contributed by atoms with E-state index in [1.807, 2.05) is 0 Å². The lowest BCUT2D eigenvalue weighted by Gasteiger charge is -2.17. The van der Waals surface area contributed by atoms with Crippen molar-refractivity contribution in [1.29, 1.82) is 0 Å². The molecule has 0 aliphatic heterocycles. The Kier molecular flexibility index (Phi) is 4.90. The summed E-state index contributed by atoms with van der Waals surface area (Å²) < 4.78 is 0. The number of aryl methyl sites for hydroxylation is 2. The number of fused-ring (bicyclic) bond motifs is 1. The molecular weight excluding hydrogens is 356 g/mol. The highest BCUT2D eigenvalue weighted by molar-refractivity contribution is 6.09. The van der Waals surface area contributed by atoms with E-state index in [0.29, 0.717) is 0 Å². The molecule has 0 heterocycles. The first-order valence-electron chi connectivity index (χ1n) is 10.4. The lowest BCUT2D eigenvalue weighted by Crippen LogP contribution is -2.26. The van der Waals surface area contributed by atoms with Crippen molar-refractivity contribution in [3.63, 3.8) is 0 Å². The third kappa shape index (κ3) is 3.21. The molecule has 0 aromatic heterocycles. The Morgan fingerprint density at radius 2 is 1.34 bits per heavy atom. The summed E-state index contributed by atoms with van der Waals surface area (Å²) in [5.74, 6) is 0.345. The zero-order valence-electron chi connectivity index (χ0n) is 17.6. The summed E-state index contributed by atoms with van der Waals surface area (Å²) in [6.07, 6.45) is 7.43. The molecule has 2 aromatic rings. The van der Waals surface area contributed by atoms with Crippen molar-refractivity contribution in [2.45, 2.75) is 34.1 Å². The van der Waals surface area contributed by atoms with Gasteiger partial charge < -0.3 is 0 Å². The topological polar surface area (TPSA) is 34.1 Å². The molecule has 0 unspecified atom stereocenters. The summed E-state index contributed by atoms with van der Waals surface area (Å²) in [5.41, 5.74) is 5.14. The smallest absolute Gasteiger partial charge is 0.143 e. The second kappa shape index (κ2) is 7.26. The van der Waals surface area contributed by atoms with E-state index in [1.165, 1.54) is 11.1 Å². The number of hydrogen-bond acceptors (Lipinski definition) is 2. The maximum atomic E-state index is 12.5. The van der Waals surface area contributed by atoms with Crippen molar-refractivity contribution in [3.05, 3.63) is 89.0 Å². The summed E-state index contributed by atoms with van der Waals surface area (Å²) in [7, 11) is 0. The fourth-order valence-corrected chi connectivity index (χ4v) is 5.31. The van der Waals surface area contributed by atoms with E-state index in [9.17, 15) is 9.59 Å². The van der Waals surface area contributed by atoms with E-state index in [4.69, 9.17) is 0 Å². The van der Waals surface area contributed by atoms with Gasteiger partial charge in [-0.25, -0.2) is 0 Å². The van der Waals surface area contributed by atoms with Crippen LogP contribution in [0.15, 0.2) is 66.8 Å². The monoisotopic (exact) mass is 384 g/mol. The van der Waals surface area contributed by atoms with Gasteiger partial charge in [0.25, 0.3) is 0 Å². The predicted octanol–water partition coefficient (Wildman–Crippen LogP) is 5.72. The second-order valence-corrected chi connectivity index (χ2v) is 8.67. The van der Waals surface area contributed by atoms with Gasteiger partial charge in [-0.15, -0.1) is 0 Å². The average Bonchev–Trinajstić information content (AvgIpc) is 3.39. The third-order valence-corrected chi connectivity index (χ3v) is 6.85. The second-order valence-electron chi connectivity index (χ2n) is 8.67. The maximum absolute atomic E-state index is 12.5. The lowest BCUT2D eigenvalue weighted by atomic mass is 9.85. The van der Waals surface area contributed by atoms with Crippen LogP contribution in [-0.2, 0) is 9.59 Å².